The van der Waals surface area contributed by atoms with Gasteiger partial charge in [-0.3, -0.25) is 9.88 Å². The van der Waals surface area contributed by atoms with E-state index in [2.05, 4.69) is 9.88 Å². The third kappa shape index (κ3) is 3.53. The second-order valence-electron chi connectivity index (χ2n) is 5.93. The summed E-state index contributed by atoms with van der Waals surface area (Å²) >= 11 is 0. The van der Waals surface area contributed by atoms with Crippen LogP contribution >= 0.6 is 0 Å². The molecule has 0 radical (unpaired) electrons. The number of likely N-dealkylation sites (N-methyl/N-ethyl adjacent to an activating group) is 1. The molecule has 0 aliphatic heterocycles. The number of pyridine rings is 1. The zero-order valence-corrected chi connectivity index (χ0v) is 11.9. The number of hydrogen-bond acceptors (Lipinski definition) is 4. The molecule has 1 aromatic rings. The summed E-state index contributed by atoms with van der Waals surface area (Å²) in [5.41, 5.74) is 6.77. The average molecular weight is 263 g/mol. The topological polar surface area (TPSA) is 62.4 Å². The molecule has 1 heterocycles. The van der Waals surface area contributed by atoms with E-state index in [-0.39, 0.29) is 12.1 Å². The van der Waals surface area contributed by atoms with Crippen molar-refractivity contribution in [1.29, 1.82) is 0 Å². The van der Waals surface area contributed by atoms with Crippen LogP contribution in [0.2, 0.25) is 0 Å². The van der Waals surface area contributed by atoms with Gasteiger partial charge in [0.2, 0.25) is 0 Å². The molecule has 4 nitrogen and oxygen atoms in total. The van der Waals surface area contributed by atoms with Crippen LogP contribution in [-0.4, -0.2) is 40.2 Å². The maximum absolute atomic E-state index is 10.5. The summed E-state index contributed by atoms with van der Waals surface area (Å²) < 4.78 is 0. The lowest BCUT2D eigenvalue weighted by molar-refractivity contribution is 0.00253. The third-order valence-corrected chi connectivity index (χ3v) is 4.10. The van der Waals surface area contributed by atoms with Gasteiger partial charge in [0, 0.05) is 31.0 Å². The Balaban J connectivity index is 2.11. The molecule has 0 amide bonds. The van der Waals surface area contributed by atoms with Crippen LogP contribution in [0.15, 0.2) is 24.5 Å². The van der Waals surface area contributed by atoms with Gasteiger partial charge in [-0.05, 0) is 44.5 Å². The van der Waals surface area contributed by atoms with E-state index in [1.807, 2.05) is 26.1 Å². The lowest BCUT2D eigenvalue weighted by atomic mass is 9.96. The number of rotatable bonds is 5. The Hall–Kier alpha value is -0.970. The predicted octanol–water partition coefficient (Wildman–Crippen LogP) is 1.71. The van der Waals surface area contributed by atoms with Crippen molar-refractivity contribution < 1.29 is 5.11 Å². The molecule has 2 atom stereocenters. The van der Waals surface area contributed by atoms with Crippen molar-refractivity contribution in [2.24, 2.45) is 5.73 Å². The number of nitrogens with two attached hydrogens (primary N) is 1. The van der Waals surface area contributed by atoms with E-state index in [1.165, 1.54) is 0 Å². The zero-order valence-electron chi connectivity index (χ0n) is 11.9. The Labute approximate surface area is 115 Å². The molecule has 0 spiro atoms. The molecular formula is C15H25N3O. The van der Waals surface area contributed by atoms with Crippen LogP contribution in [0.1, 0.15) is 44.2 Å². The van der Waals surface area contributed by atoms with Crippen molar-refractivity contribution >= 4 is 0 Å². The highest BCUT2D eigenvalue weighted by molar-refractivity contribution is 5.17. The molecule has 4 heteroatoms. The summed E-state index contributed by atoms with van der Waals surface area (Å²) in [6, 6.07) is 4.14. The van der Waals surface area contributed by atoms with Gasteiger partial charge >= 0.3 is 0 Å². The van der Waals surface area contributed by atoms with Crippen molar-refractivity contribution in [2.75, 3.05) is 13.6 Å². The Morgan fingerprint density at radius 3 is 2.47 bits per heavy atom. The first kappa shape index (κ1) is 14.4. The number of nitrogens with zero attached hydrogens (tertiary/aromatic N) is 2. The van der Waals surface area contributed by atoms with E-state index in [4.69, 9.17) is 5.73 Å². The van der Waals surface area contributed by atoms with E-state index in [0.717, 1.165) is 31.2 Å². The van der Waals surface area contributed by atoms with E-state index in [0.29, 0.717) is 6.54 Å². The Morgan fingerprint density at radius 1 is 1.37 bits per heavy atom. The first-order valence-electron chi connectivity index (χ1n) is 7.10. The lowest BCUT2D eigenvalue weighted by Gasteiger charge is -2.36. The minimum atomic E-state index is -0.533. The molecule has 1 fully saturated rings. The molecule has 0 aromatic carbocycles. The van der Waals surface area contributed by atoms with Crippen molar-refractivity contribution in [1.82, 2.24) is 9.88 Å². The van der Waals surface area contributed by atoms with Crippen LogP contribution in [0.3, 0.4) is 0 Å². The zero-order chi connectivity index (χ0) is 13.9. The minimum Gasteiger partial charge on any atom is -0.389 e. The molecule has 3 N–H and O–H groups in total. The van der Waals surface area contributed by atoms with Crippen molar-refractivity contribution in [3.05, 3.63) is 30.1 Å². The Kier molecular flexibility index (Phi) is 4.55. The minimum absolute atomic E-state index is 0.0115. The van der Waals surface area contributed by atoms with Crippen LogP contribution in [-0.2, 0) is 0 Å². The lowest BCUT2D eigenvalue weighted by Crippen LogP contribution is -2.45. The summed E-state index contributed by atoms with van der Waals surface area (Å²) in [6.45, 7) is 2.70. The quantitative estimate of drug-likeness (QED) is 0.849. The number of aromatic nitrogens is 1. The third-order valence-electron chi connectivity index (χ3n) is 4.10. The van der Waals surface area contributed by atoms with Crippen molar-refractivity contribution in [2.45, 2.75) is 50.3 Å². The molecule has 2 unspecified atom stereocenters. The first-order valence-corrected chi connectivity index (χ1v) is 7.10. The molecule has 0 saturated heterocycles. The van der Waals surface area contributed by atoms with Gasteiger partial charge < -0.3 is 10.8 Å². The highest BCUT2D eigenvalue weighted by Gasteiger charge is 2.34. The number of hydrogen-bond donors (Lipinski definition) is 2. The maximum Gasteiger partial charge on any atom is 0.0774 e. The summed E-state index contributed by atoms with van der Waals surface area (Å²) in [7, 11) is 2.05. The van der Waals surface area contributed by atoms with Gasteiger partial charge in [0.05, 0.1) is 5.60 Å². The van der Waals surface area contributed by atoms with Crippen LogP contribution in [0.5, 0.6) is 0 Å². The maximum atomic E-state index is 10.5. The first-order chi connectivity index (χ1) is 9.02. The van der Waals surface area contributed by atoms with E-state index >= 15 is 0 Å². The number of aliphatic hydroxyl groups is 1. The van der Waals surface area contributed by atoms with Gasteiger partial charge in [0.15, 0.2) is 0 Å². The van der Waals surface area contributed by atoms with E-state index in [9.17, 15) is 5.11 Å². The monoisotopic (exact) mass is 263 g/mol. The SMILES string of the molecule is CC(N)C(c1ccncc1)N(C)CC1(O)CCCC1. The van der Waals surface area contributed by atoms with Gasteiger partial charge in [0.1, 0.15) is 0 Å². The molecule has 1 aliphatic carbocycles. The Bertz CT molecular complexity index is 388. The van der Waals surface area contributed by atoms with Crippen LogP contribution < -0.4 is 5.73 Å². The van der Waals surface area contributed by atoms with Gasteiger partial charge in [-0.15, -0.1) is 0 Å². The second kappa shape index (κ2) is 5.99. The summed E-state index contributed by atoms with van der Waals surface area (Å²) in [6.07, 6.45) is 7.65. The van der Waals surface area contributed by atoms with Crippen LogP contribution in [0, 0.1) is 0 Å². The molecular weight excluding hydrogens is 238 g/mol. The van der Waals surface area contributed by atoms with Gasteiger partial charge in [-0.2, -0.15) is 0 Å². The highest BCUT2D eigenvalue weighted by Crippen LogP contribution is 2.32. The second-order valence-corrected chi connectivity index (χ2v) is 5.93. The fourth-order valence-electron chi connectivity index (χ4n) is 3.27. The Morgan fingerprint density at radius 2 is 1.95 bits per heavy atom. The molecule has 19 heavy (non-hydrogen) atoms. The normalized spacial score (nSPS) is 21.5. The van der Waals surface area contributed by atoms with E-state index in [1.54, 1.807) is 12.4 Å². The van der Waals surface area contributed by atoms with Crippen LogP contribution in [0.25, 0.3) is 0 Å². The van der Waals surface area contributed by atoms with E-state index < -0.39 is 5.60 Å². The smallest absolute Gasteiger partial charge is 0.0774 e. The van der Waals surface area contributed by atoms with Crippen molar-refractivity contribution in [3.63, 3.8) is 0 Å². The molecule has 1 aromatic heterocycles. The van der Waals surface area contributed by atoms with Gasteiger partial charge in [0.25, 0.3) is 0 Å². The fraction of sp³-hybridized carbons (Fsp3) is 0.667. The highest BCUT2D eigenvalue weighted by atomic mass is 16.3. The van der Waals surface area contributed by atoms with Gasteiger partial charge in [-0.25, -0.2) is 0 Å². The predicted molar refractivity (Wildman–Crippen MR) is 76.7 cm³/mol. The molecule has 1 aliphatic rings. The fourth-order valence-corrected chi connectivity index (χ4v) is 3.27. The largest absolute Gasteiger partial charge is 0.389 e. The standard InChI is InChI=1S/C15H25N3O/c1-12(16)14(13-5-9-17-10-6-13)18(2)11-15(19)7-3-4-8-15/h5-6,9-10,12,14,19H,3-4,7-8,11,16H2,1-2H3. The summed E-state index contributed by atoms with van der Waals surface area (Å²) in [5, 5.41) is 10.5. The molecule has 2 rings (SSSR count). The van der Waals surface area contributed by atoms with Crippen molar-refractivity contribution in [3.8, 4) is 0 Å². The summed E-state index contributed by atoms with van der Waals surface area (Å²) in [5.74, 6) is 0. The average Bonchev–Trinajstić information content (AvgIpc) is 2.76. The molecule has 106 valence electrons. The molecule has 0 bridgehead atoms. The summed E-state index contributed by atoms with van der Waals surface area (Å²) in [4.78, 5) is 6.24. The van der Waals surface area contributed by atoms with Gasteiger partial charge in [-0.1, -0.05) is 12.8 Å². The molecule has 1 saturated carbocycles. The van der Waals surface area contributed by atoms with Crippen LogP contribution in [0.4, 0.5) is 0 Å².